The number of hydrogen-bond acceptors (Lipinski definition) is 4. The lowest BCUT2D eigenvalue weighted by Crippen LogP contribution is -2.47. The van der Waals surface area contributed by atoms with E-state index in [1.54, 1.807) is 7.11 Å². The second kappa shape index (κ2) is 11.7. The Kier molecular flexibility index (Phi) is 11.2. The molecular weight excluding hydrogens is 325 g/mol. The molecule has 1 amide bonds. The first-order valence-electron chi connectivity index (χ1n) is 7.05. The Labute approximate surface area is 144 Å². The first-order valence-corrected chi connectivity index (χ1v) is 7.05. The van der Waals surface area contributed by atoms with Crippen LogP contribution in [0.4, 0.5) is 0 Å². The summed E-state index contributed by atoms with van der Waals surface area (Å²) in [6, 6.07) is 8.03. The van der Waals surface area contributed by atoms with Gasteiger partial charge in [-0.15, -0.1) is 24.8 Å². The highest BCUT2D eigenvalue weighted by Crippen LogP contribution is 2.09. The summed E-state index contributed by atoms with van der Waals surface area (Å²) in [7, 11) is 1.68. The van der Waals surface area contributed by atoms with Gasteiger partial charge in [0.2, 0.25) is 5.91 Å². The third kappa shape index (κ3) is 6.94. The van der Waals surface area contributed by atoms with Crippen LogP contribution < -0.4 is 10.6 Å². The summed E-state index contributed by atoms with van der Waals surface area (Å²) >= 11 is 0. The van der Waals surface area contributed by atoms with Gasteiger partial charge in [-0.05, 0) is 11.1 Å². The topological polar surface area (TPSA) is 53.6 Å². The normalized spacial score (nSPS) is 14.6. The molecule has 1 fully saturated rings. The van der Waals surface area contributed by atoms with Crippen LogP contribution in [0.3, 0.4) is 0 Å². The van der Waals surface area contributed by atoms with Crippen molar-refractivity contribution in [3.63, 3.8) is 0 Å². The highest BCUT2D eigenvalue weighted by Gasteiger charge is 2.13. The fourth-order valence-electron chi connectivity index (χ4n) is 2.35. The number of halogens is 2. The molecular formula is C15H25Cl2N3O2. The average molecular weight is 350 g/mol. The minimum Gasteiger partial charge on any atom is -0.380 e. The molecule has 1 saturated heterocycles. The van der Waals surface area contributed by atoms with E-state index in [4.69, 9.17) is 4.74 Å². The number of nitrogens with zero attached hydrogens (tertiary/aromatic N) is 1. The fourth-order valence-corrected chi connectivity index (χ4v) is 2.35. The molecule has 0 radical (unpaired) electrons. The maximum absolute atomic E-state index is 11.9. The molecule has 126 valence electrons. The third-order valence-electron chi connectivity index (χ3n) is 3.47. The monoisotopic (exact) mass is 349 g/mol. The molecule has 7 heteroatoms. The van der Waals surface area contributed by atoms with E-state index in [0.29, 0.717) is 19.7 Å². The number of benzene rings is 1. The Morgan fingerprint density at radius 2 is 1.86 bits per heavy atom. The zero-order chi connectivity index (χ0) is 14.2. The first kappa shape index (κ1) is 21.1. The lowest BCUT2D eigenvalue weighted by atomic mass is 10.1. The predicted octanol–water partition coefficient (Wildman–Crippen LogP) is 1.20. The highest BCUT2D eigenvalue weighted by atomic mass is 35.5. The molecule has 0 aliphatic carbocycles. The number of nitrogens with one attached hydrogen (secondary N) is 2. The number of carbonyl (C=O) groups excluding carboxylic acids is 1. The molecule has 1 aliphatic heterocycles. The SMILES string of the molecule is COCc1ccccc1CNC(=O)CN1CCNCC1.Cl.Cl. The van der Waals surface area contributed by atoms with E-state index in [0.717, 1.165) is 37.3 Å². The Morgan fingerprint density at radius 1 is 1.23 bits per heavy atom. The summed E-state index contributed by atoms with van der Waals surface area (Å²) in [6.07, 6.45) is 0. The van der Waals surface area contributed by atoms with Gasteiger partial charge in [0.05, 0.1) is 13.2 Å². The van der Waals surface area contributed by atoms with Crippen molar-refractivity contribution in [2.45, 2.75) is 13.2 Å². The molecule has 2 rings (SSSR count). The Hall–Kier alpha value is -0.850. The number of hydrogen-bond donors (Lipinski definition) is 2. The molecule has 1 aromatic rings. The Morgan fingerprint density at radius 3 is 2.50 bits per heavy atom. The lowest BCUT2D eigenvalue weighted by Gasteiger charge is -2.26. The quantitative estimate of drug-likeness (QED) is 0.810. The van der Waals surface area contributed by atoms with Crippen molar-refractivity contribution in [1.29, 1.82) is 0 Å². The van der Waals surface area contributed by atoms with Gasteiger partial charge >= 0.3 is 0 Å². The summed E-state index contributed by atoms with van der Waals surface area (Å²) in [4.78, 5) is 14.1. The van der Waals surface area contributed by atoms with Crippen LogP contribution in [0.1, 0.15) is 11.1 Å². The number of piperazine rings is 1. The largest absolute Gasteiger partial charge is 0.380 e. The molecule has 5 nitrogen and oxygen atoms in total. The third-order valence-corrected chi connectivity index (χ3v) is 3.47. The molecule has 1 heterocycles. The van der Waals surface area contributed by atoms with Crippen LogP contribution in [-0.2, 0) is 22.7 Å². The molecule has 1 aromatic carbocycles. The zero-order valence-electron chi connectivity index (χ0n) is 12.8. The van der Waals surface area contributed by atoms with E-state index >= 15 is 0 Å². The molecule has 2 N–H and O–H groups in total. The van der Waals surface area contributed by atoms with Gasteiger partial charge in [-0.3, -0.25) is 9.69 Å². The van der Waals surface area contributed by atoms with Gasteiger partial charge in [0.25, 0.3) is 0 Å². The zero-order valence-corrected chi connectivity index (χ0v) is 14.5. The molecule has 0 bridgehead atoms. The minimum absolute atomic E-state index is 0. The molecule has 0 atom stereocenters. The van der Waals surface area contributed by atoms with Crippen LogP contribution >= 0.6 is 24.8 Å². The summed E-state index contributed by atoms with van der Waals surface area (Å²) in [5.41, 5.74) is 2.24. The Balaban J connectivity index is 0.00000220. The van der Waals surface area contributed by atoms with E-state index in [-0.39, 0.29) is 30.7 Å². The van der Waals surface area contributed by atoms with Crippen LogP contribution in [0, 0.1) is 0 Å². The van der Waals surface area contributed by atoms with E-state index in [1.165, 1.54) is 0 Å². The van der Waals surface area contributed by atoms with Gasteiger partial charge in [0, 0.05) is 39.8 Å². The van der Waals surface area contributed by atoms with Crippen molar-refractivity contribution in [1.82, 2.24) is 15.5 Å². The number of ether oxygens (including phenoxy) is 1. The summed E-state index contributed by atoms with van der Waals surface area (Å²) in [6.45, 7) is 5.41. The lowest BCUT2D eigenvalue weighted by molar-refractivity contribution is -0.122. The molecule has 22 heavy (non-hydrogen) atoms. The van der Waals surface area contributed by atoms with Crippen LogP contribution in [0.15, 0.2) is 24.3 Å². The van der Waals surface area contributed by atoms with Gasteiger partial charge in [0.1, 0.15) is 0 Å². The molecule has 0 unspecified atom stereocenters. The first-order chi connectivity index (χ1) is 9.79. The van der Waals surface area contributed by atoms with E-state index < -0.39 is 0 Å². The number of methoxy groups -OCH3 is 1. The van der Waals surface area contributed by atoms with Gasteiger partial charge in [-0.25, -0.2) is 0 Å². The van der Waals surface area contributed by atoms with Crippen LogP contribution in [0.5, 0.6) is 0 Å². The molecule has 1 aliphatic rings. The van der Waals surface area contributed by atoms with Gasteiger partial charge in [0.15, 0.2) is 0 Å². The van der Waals surface area contributed by atoms with Crippen LogP contribution in [0.25, 0.3) is 0 Å². The summed E-state index contributed by atoms with van der Waals surface area (Å²) in [5.74, 6) is 0.0825. The van der Waals surface area contributed by atoms with Gasteiger partial charge < -0.3 is 15.4 Å². The van der Waals surface area contributed by atoms with Gasteiger partial charge in [-0.2, -0.15) is 0 Å². The number of amides is 1. The summed E-state index contributed by atoms with van der Waals surface area (Å²) in [5, 5.41) is 6.27. The number of carbonyl (C=O) groups is 1. The fraction of sp³-hybridized carbons (Fsp3) is 0.533. The van der Waals surface area contributed by atoms with E-state index in [2.05, 4.69) is 15.5 Å². The van der Waals surface area contributed by atoms with Crippen molar-refractivity contribution < 1.29 is 9.53 Å². The Bertz CT molecular complexity index is 441. The summed E-state index contributed by atoms with van der Waals surface area (Å²) < 4.78 is 5.17. The van der Waals surface area contributed by atoms with Crippen molar-refractivity contribution in [2.24, 2.45) is 0 Å². The van der Waals surface area contributed by atoms with Crippen molar-refractivity contribution in [3.05, 3.63) is 35.4 Å². The number of rotatable bonds is 6. The maximum Gasteiger partial charge on any atom is 0.234 e. The molecule has 0 spiro atoms. The van der Waals surface area contributed by atoms with E-state index in [1.807, 2.05) is 24.3 Å². The second-order valence-corrected chi connectivity index (χ2v) is 5.00. The second-order valence-electron chi connectivity index (χ2n) is 5.00. The van der Waals surface area contributed by atoms with Crippen molar-refractivity contribution in [3.8, 4) is 0 Å². The van der Waals surface area contributed by atoms with Gasteiger partial charge in [-0.1, -0.05) is 24.3 Å². The van der Waals surface area contributed by atoms with Crippen molar-refractivity contribution >= 4 is 30.7 Å². The predicted molar refractivity (Wildman–Crippen MR) is 92.8 cm³/mol. The van der Waals surface area contributed by atoms with Crippen molar-refractivity contribution in [2.75, 3.05) is 39.8 Å². The highest BCUT2D eigenvalue weighted by molar-refractivity contribution is 5.85. The smallest absolute Gasteiger partial charge is 0.234 e. The van der Waals surface area contributed by atoms with E-state index in [9.17, 15) is 4.79 Å². The molecule has 0 saturated carbocycles. The molecule has 0 aromatic heterocycles. The average Bonchev–Trinajstić information content (AvgIpc) is 2.48. The van der Waals surface area contributed by atoms with Crippen LogP contribution in [-0.4, -0.2) is 50.6 Å². The standard InChI is InChI=1S/C15H23N3O2.2ClH/c1-20-12-14-5-3-2-4-13(14)10-17-15(19)11-18-8-6-16-7-9-18;;/h2-5,16H,6-12H2,1H3,(H,17,19);2*1H. The maximum atomic E-state index is 11.9. The van der Waals surface area contributed by atoms with Crippen LogP contribution in [0.2, 0.25) is 0 Å². The minimum atomic E-state index is 0.